The van der Waals surface area contributed by atoms with Gasteiger partial charge in [-0.25, -0.2) is 4.79 Å². The number of allylic oxidation sites excluding steroid dienone is 1. The van der Waals surface area contributed by atoms with Crippen LogP contribution < -0.4 is 10.6 Å². The van der Waals surface area contributed by atoms with Gasteiger partial charge in [0.2, 0.25) is 0 Å². The zero-order valence-corrected chi connectivity index (χ0v) is 16.0. The molecule has 0 fully saturated rings. The Morgan fingerprint density at radius 2 is 1.90 bits per heavy atom. The first-order valence-corrected chi connectivity index (χ1v) is 9.25. The SMILES string of the molecule is N#Cc1ccc(C(NC(=O)Nc2ccnc(C(F)(F)F)c2)C2=C(O)CCCC2=O)cc1. The normalized spacial score (nSPS) is 15.2. The smallest absolute Gasteiger partial charge is 0.433 e. The van der Waals surface area contributed by atoms with Crippen molar-refractivity contribution in [2.45, 2.75) is 31.5 Å². The fraction of sp³-hybridized carbons (Fsp3) is 0.238. The number of hydrogen-bond acceptors (Lipinski definition) is 5. The highest BCUT2D eigenvalue weighted by Crippen LogP contribution is 2.32. The van der Waals surface area contributed by atoms with E-state index in [9.17, 15) is 27.9 Å². The van der Waals surface area contributed by atoms with Gasteiger partial charge in [0, 0.05) is 24.7 Å². The fourth-order valence-corrected chi connectivity index (χ4v) is 3.21. The number of rotatable bonds is 4. The van der Waals surface area contributed by atoms with Gasteiger partial charge in [0.1, 0.15) is 11.5 Å². The van der Waals surface area contributed by atoms with Gasteiger partial charge >= 0.3 is 12.2 Å². The Hall–Kier alpha value is -3.87. The Morgan fingerprint density at radius 1 is 1.19 bits per heavy atom. The maximum absolute atomic E-state index is 12.8. The minimum Gasteiger partial charge on any atom is -0.512 e. The van der Waals surface area contributed by atoms with Crippen LogP contribution in [0.3, 0.4) is 0 Å². The predicted octanol–water partition coefficient (Wildman–Crippen LogP) is 4.40. The van der Waals surface area contributed by atoms with Gasteiger partial charge in [-0.3, -0.25) is 9.78 Å². The van der Waals surface area contributed by atoms with E-state index in [2.05, 4.69) is 15.6 Å². The summed E-state index contributed by atoms with van der Waals surface area (Å²) in [6, 6.07) is 7.93. The van der Waals surface area contributed by atoms with Crippen LogP contribution in [0.15, 0.2) is 53.9 Å². The van der Waals surface area contributed by atoms with Crippen LogP contribution in [0.4, 0.5) is 23.7 Å². The van der Waals surface area contributed by atoms with Crippen molar-refractivity contribution in [3.63, 3.8) is 0 Å². The van der Waals surface area contributed by atoms with Crippen LogP contribution >= 0.6 is 0 Å². The van der Waals surface area contributed by atoms with Crippen LogP contribution in [0.1, 0.15) is 42.1 Å². The topological polar surface area (TPSA) is 115 Å². The second-order valence-electron chi connectivity index (χ2n) is 6.83. The molecule has 3 N–H and O–H groups in total. The lowest BCUT2D eigenvalue weighted by atomic mass is 9.87. The number of aliphatic hydroxyl groups is 1. The molecule has 1 unspecified atom stereocenters. The Labute approximate surface area is 175 Å². The summed E-state index contributed by atoms with van der Waals surface area (Å²) < 4.78 is 38.5. The number of carbonyl (C=O) groups is 2. The molecule has 0 bridgehead atoms. The van der Waals surface area contributed by atoms with Gasteiger partial charge in [0.05, 0.1) is 23.2 Å². The molecule has 1 aromatic heterocycles. The van der Waals surface area contributed by atoms with E-state index in [0.717, 1.165) is 6.20 Å². The largest absolute Gasteiger partial charge is 0.512 e. The summed E-state index contributed by atoms with van der Waals surface area (Å²) in [6.45, 7) is 0. The molecule has 0 radical (unpaired) electrons. The molecule has 0 saturated carbocycles. The number of halogens is 3. The summed E-state index contributed by atoms with van der Waals surface area (Å²) in [5.41, 5.74) is -0.520. The highest BCUT2D eigenvalue weighted by atomic mass is 19.4. The first-order valence-electron chi connectivity index (χ1n) is 9.25. The van der Waals surface area contributed by atoms with E-state index < -0.39 is 23.9 Å². The molecule has 10 heteroatoms. The van der Waals surface area contributed by atoms with E-state index in [-0.39, 0.29) is 35.6 Å². The third-order valence-electron chi connectivity index (χ3n) is 4.67. The van der Waals surface area contributed by atoms with Crippen molar-refractivity contribution < 1.29 is 27.9 Å². The lowest BCUT2D eigenvalue weighted by Crippen LogP contribution is -2.36. The average molecular weight is 430 g/mol. The Morgan fingerprint density at radius 3 is 2.52 bits per heavy atom. The van der Waals surface area contributed by atoms with Crippen molar-refractivity contribution in [2.24, 2.45) is 0 Å². The highest BCUT2D eigenvalue weighted by molar-refractivity contribution is 5.99. The third kappa shape index (κ3) is 5.19. The van der Waals surface area contributed by atoms with Gasteiger partial charge in [0.25, 0.3) is 0 Å². The maximum Gasteiger partial charge on any atom is 0.433 e. The van der Waals surface area contributed by atoms with E-state index in [1.165, 1.54) is 30.3 Å². The average Bonchev–Trinajstić information content (AvgIpc) is 2.72. The number of Topliss-reactive ketones (excluding diaryl/α,β-unsaturated/α-hetero) is 1. The summed E-state index contributed by atoms with van der Waals surface area (Å²) in [6.07, 6.45) is -2.84. The summed E-state index contributed by atoms with van der Waals surface area (Å²) in [4.78, 5) is 28.2. The van der Waals surface area contributed by atoms with Crippen LogP contribution in [-0.4, -0.2) is 21.9 Å². The van der Waals surface area contributed by atoms with E-state index in [4.69, 9.17) is 5.26 Å². The minimum atomic E-state index is -4.68. The molecule has 31 heavy (non-hydrogen) atoms. The standard InChI is InChI=1S/C21H17F3N4O3/c22-21(23,24)17-10-14(8-9-26-17)27-20(31)28-19(13-6-4-12(11-25)5-7-13)18-15(29)2-1-3-16(18)30/h4-10,19,29H,1-3H2,(H2,26,27,28,31). The number of benzene rings is 1. The fourth-order valence-electron chi connectivity index (χ4n) is 3.21. The van der Waals surface area contributed by atoms with Crippen LogP contribution in [0.25, 0.3) is 0 Å². The number of anilines is 1. The molecule has 0 saturated heterocycles. The van der Waals surface area contributed by atoms with Crippen LogP contribution in [-0.2, 0) is 11.0 Å². The number of amides is 2. The first kappa shape index (κ1) is 21.8. The molecule has 3 rings (SSSR count). The third-order valence-corrected chi connectivity index (χ3v) is 4.67. The number of ketones is 1. The molecule has 0 spiro atoms. The summed E-state index contributed by atoms with van der Waals surface area (Å²) in [7, 11) is 0. The quantitative estimate of drug-likeness (QED) is 0.665. The second kappa shape index (κ2) is 8.87. The van der Waals surface area contributed by atoms with Crippen molar-refractivity contribution in [3.8, 4) is 6.07 Å². The predicted molar refractivity (Wildman–Crippen MR) is 104 cm³/mol. The number of nitriles is 1. The number of aromatic nitrogens is 1. The minimum absolute atomic E-state index is 0.0109. The molecule has 1 aromatic carbocycles. The number of alkyl halides is 3. The number of nitrogens with zero attached hydrogens (tertiary/aromatic N) is 2. The van der Waals surface area contributed by atoms with Gasteiger partial charge in [-0.05, 0) is 36.2 Å². The monoisotopic (exact) mass is 430 g/mol. The first-order chi connectivity index (χ1) is 14.7. The number of carbonyl (C=O) groups excluding carboxylic acids is 2. The van der Waals surface area contributed by atoms with Crippen LogP contribution in [0.5, 0.6) is 0 Å². The molecule has 7 nitrogen and oxygen atoms in total. The summed E-state index contributed by atoms with van der Waals surface area (Å²) in [5.74, 6) is -0.504. The van der Waals surface area contributed by atoms with Gasteiger partial charge in [-0.15, -0.1) is 0 Å². The lowest BCUT2D eigenvalue weighted by molar-refractivity contribution is -0.141. The van der Waals surface area contributed by atoms with Crippen LogP contribution in [0, 0.1) is 11.3 Å². The number of aliphatic hydroxyl groups excluding tert-OH is 1. The van der Waals surface area contributed by atoms with Crippen LogP contribution in [0.2, 0.25) is 0 Å². The molecule has 1 aliphatic rings. The van der Waals surface area contributed by atoms with Crippen molar-refractivity contribution >= 4 is 17.5 Å². The molecule has 2 aromatic rings. The molecule has 1 atom stereocenters. The highest BCUT2D eigenvalue weighted by Gasteiger charge is 2.33. The van der Waals surface area contributed by atoms with E-state index in [1.807, 2.05) is 6.07 Å². The number of nitrogens with one attached hydrogen (secondary N) is 2. The molecule has 0 aliphatic heterocycles. The zero-order valence-electron chi connectivity index (χ0n) is 16.0. The molecule has 1 heterocycles. The van der Waals surface area contributed by atoms with Crippen molar-refractivity contribution in [2.75, 3.05) is 5.32 Å². The van der Waals surface area contributed by atoms with Gasteiger partial charge in [-0.2, -0.15) is 18.4 Å². The Bertz CT molecular complexity index is 1070. The zero-order chi connectivity index (χ0) is 22.6. The maximum atomic E-state index is 12.8. The van der Waals surface area contributed by atoms with E-state index in [1.54, 1.807) is 0 Å². The molecule has 160 valence electrons. The van der Waals surface area contributed by atoms with Gasteiger partial charge < -0.3 is 15.7 Å². The second-order valence-corrected chi connectivity index (χ2v) is 6.83. The lowest BCUT2D eigenvalue weighted by Gasteiger charge is -2.25. The Kier molecular flexibility index (Phi) is 6.25. The molecular weight excluding hydrogens is 413 g/mol. The van der Waals surface area contributed by atoms with Crippen molar-refractivity contribution in [1.82, 2.24) is 10.3 Å². The van der Waals surface area contributed by atoms with Crippen molar-refractivity contribution in [3.05, 3.63) is 70.7 Å². The van der Waals surface area contributed by atoms with E-state index >= 15 is 0 Å². The number of pyridine rings is 1. The number of hydrogen-bond donors (Lipinski definition) is 3. The van der Waals surface area contributed by atoms with Crippen molar-refractivity contribution in [1.29, 1.82) is 5.26 Å². The molecule has 1 aliphatic carbocycles. The molecule has 2 amide bonds. The summed E-state index contributed by atoms with van der Waals surface area (Å²) in [5, 5.41) is 24.1. The summed E-state index contributed by atoms with van der Waals surface area (Å²) >= 11 is 0. The molecular formula is C21H17F3N4O3. The number of urea groups is 1. The van der Waals surface area contributed by atoms with Gasteiger partial charge in [-0.1, -0.05) is 12.1 Å². The van der Waals surface area contributed by atoms with E-state index in [0.29, 0.717) is 23.6 Å². The van der Waals surface area contributed by atoms with Gasteiger partial charge in [0.15, 0.2) is 5.78 Å². The Balaban J connectivity index is 1.89.